The van der Waals surface area contributed by atoms with Gasteiger partial charge in [0, 0.05) is 24.0 Å². The molecule has 3 aromatic rings. The Balaban J connectivity index is 1.43. The number of carbonyl (C=O) groups is 2. The van der Waals surface area contributed by atoms with Crippen molar-refractivity contribution in [3.8, 4) is 5.75 Å². The van der Waals surface area contributed by atoms with E-state index >= 15 is 0 Å². The average molecular weight is 364 g/mol. The Morgan fingerprint density at radius 2 is 2.00 bits per heavy atom. The Morgan fingerprint density at radius 3 is 2.74 bits per heavy atom. The maximum absolute atomic E-state index is 12.5. The number of hydrogen-bond acceptors (Lipinski definition) is 4. The maximum atomic E-state index is 12.5. The van der Waals surface area contributed by atoms with E-state index < -0.39 is 0 Å². The zero-order chi connectivity index (χ0) is 18.8. The van der Waals surface area contributed by atoms with Crippen LogP contribution in [0, 0.1) is 0 Å². The molecule has 6 heteroatoms. The molecule has 1 N–H and O–H groups in total. The molecule has 27 heavy (non-hydrogen) atoms. The van der Waals surface area contributed by atoms with Crippen LogP contribution in [-0.2, 0) is 4.79 Å². The van der Waals surface area contributed by atoms with Crippen molar-refractivity contribution in [3.63, 3.8) is 0 Å². The number of nitrogens with zero attached hydrogens (tertiary/aromatic N) is 1. The molecule has 2 amide bonds. The van der Waals surface area contributed by atoms with Crippen LogP contribution in [-0.4, -0.2) is 31.0 Å². The number of anilines is 1. The van der Waals surface area contributed by atoms with E-state index in [-0.39, 0.29) is 30.0 Å². The second-order valence-corrected chi connectivity index (χ2v) is 6.45. The lowest BCUT2D eigenvalue weighted by Gasteiger charge is -2.17. The second-order valence-electron chi connectivity index (χ2n) is 6.45. The van der Waals surface area contributed by atoms with Gasteiger partial charge in [-0.3, -0.25) is 9.59 Å². The third-order valence-electron chi connectivity index (χ3n) is 4.57. The van der Waals surface area contributed by atoms with E-state index in [1.807, 2.05) is 55.5 Å². The number of para-hydroxylation sites is 1. The highest BCUT2D eigenvalue weighted by molar-refractivity contribution is 5.99. The Hall–Kier alpha value is -3.28. The summed E-state index contributed by atoms with van der Waals surface area (Å²) in [5, 5.41) is 3.77. The topological polar surface area (TPSA) is 71.8 Å². The van der Waals surface area contributed by atoms with Gasteiger partial charge in [-0.2, -0.15) is 0 Å². The molecule has 1 aromatic heterocycles. The minimum atomic E-state index is -0.308. The summed E-state index contributed by atoms with van der Waals surface area (Å²) in [5.74, 6) is 0.692. The molecule has 1 unspecified atom stereocenters. The molecule has 1 aliphatic heterocycles. The number of ether oxygens (including phenoxy) is 1. The molecule has 138 valence electrons. The van der Waals surface area contributed by atoms with Crippen LogP contribution in [0.3, 0.4) is 0 Å². The molecular formula is C21H20N2O4. The summed E-state index contributed by atoms with van der Waals surface area (Å²) in [6, 6.07) is 16.3. The van der Waals surface area contributed by atoms with Crippen LogP contribution in [0.15, 0.2) is 59.0 Å². The lowest BCUT2D eigenvalue weighted by Crippen LogP contribution is -2.37. The first-order valence-electron chi connectivity index (χ1n) is 8.96. The molecule has 1 atom stereocenters. The lowest BCUT2D eigenvalue weighted by atomic mass is 10.2. The van der Waals surface area contributed by atoms with Crippen LogP contribution < -0.4 is 15.0 Å². The fraction of sp³-hybridized carbons (Fsp3) is 0.238. The lowest BCUT2D eigenvalue weighted by molar-refractivity contribution is -0.117. The Bertz CT molecular complexity index is 944. The first-order chi connectivity index (χ1) is 13.1. The number of nitrogens with one attached hydrogen (secondary N) is 1. The van der Waals surface area contributed by atoms with Gasteiger partial charge in [0.15, 0.2) is 5.76 Å². The standard InChI is InChI=1S/C21H20N2O4/c1-2-26-17-9-7-16(8-10-17)23-13-15(12-20(23)24)22-21(25)19-11-14-5-3-4-6-18(14)27-19/h3-11,15H,2,12-13H2,1H3,(H,22,25). The minimum Gasteiger partial charge on any atom is -0.494 e. The van der Waals surface area contributed by atoms with E-state index in [1.165, 1.54) is 0 Å². The van der Waals surface area contributed by atoms with Crippen molar-refractivity contribution in [1.82, 2.24) is 5.32 Å². The third-order valence-corrected chi connectivity index (χ3v) is 4.57. The summed E-state index contributed by atoms with van der Waals surface area (Å²) < 4.78 is 11.0. The summed E-state index contributed by atoms with van der Waals surface area (Å²) in [4.78, 5) is 26.5. The predicted molar refractivity (Wildman–Crippen MR) is 102 cm³/mol. The van der Waals surface area contributed by atoms with Crippen molar-refractivity contribution in [2.75, 3.05) is 18.1 Å². The maximum Gasteiger partial charge on any atom is 0.287 e. The summed E-state index contributed by atoms with van der Waals surface area (Å²) >= 11 is 0. The molecule has 0 aliphatic carbocycles. The smallest absolute Gasteiger partial charge is 0.287 e. The fourth-order valence-corrected chi connectivity index (χ4v) is 3.29. The second kappa shape index (κ2) is 7.15. The van der Waals surface area contributed by atoms with Crippen LogP contribution in [0.25, 0.3) is 11.0 Å². The molecule has 0 saturated carbocycles. The molecular weight excluding hydrogens is 344 g/mol. The largest absolute Gasteiger partial charge is 0.494 e. The molecule has 0 radical (unpaired) electrons. The fourth-order valence-electron chi connectivity index (χ4n) is 3.29. The van der Waals surface area contributed by atoms with E-state index in [4.69, 9.17) is 9.15 Å². The highest BCUT2D eigenvalue weighted by Gasteiger charge is 2.32. The third kappa shape index (κ3) is 3.51. The van der Waals surface area contributed by atoms with Gasteiger partial charge >= 0.3 is 0 Å². The van der Waals surface area contributed by atoms with E-state index in [0.29, 0.717) is 18.7 Å². The summed E-state index contributed by atoms with van der Waals surface area (Å²) in [5.41, 5.74) is 1.46. The van der Waals surface area contributed by atoms with Crippen LogP contribution in [0.2, 0.25) is 0 Å². The average Bonchev–Trinajstić information content (AvgIpc) is 3.26. The summed E-state index contributed by atoms with van der Waals surface area (Å²) in [7, 11) is 0. The molecule has 4 rings (SSSR count). The van der Waals surface area contributed by atoms with Crippen molar-refractivity contribution >= 4 is 28.5 Å². The number of rotatable bonds is 5. The summed E-state index contributed by atoms with van der Waals surface area (Å²) in [6.07, 6.45) is 0.263. The van der Waals surface area contributed by atoms with Gasteiger partial charge in [0.05, 0.1) is 12.6 Å². The number of benzene rings is 2. The van der Waals surface area contributed by atoms with Crippen LogP contribution in [0.4, 0.5) is 5.69 Å². The van der Waals surface area contributed by atoms with E-state index in [0.717, 1.165) is 16.8 Å². The summed E-state index contributed by atoms with van der Waals surface area (Å²) in [6.45, 7) is 2.95. The van der Waals surface area contributed by atoms with Gasteiger partial charge in [-0.05, 0) is 43.3 Å². The number of carbonyl (C=O) groups excluding carboxylic acids is 2. The van der Waals surface area contributed by atoms with Gasteiger partial charge in [0.2, 0.25) is 5.91 Å². The first-order valence-corrected chi connectivity index (χ1v) is 8.96. The Morgan fingerprint density at radius 1 is 1.22 bits per heavy atom. The molecule has 6 nitrogen and oxygen atoms in total. The van der Waals surface area contributed by atoms with Crippen LogP contribution in [0.5, 0.6) is 5.75 Å². The molecule has 0 spiro atoms. The Kier molecular flexibility index (Phi) is 4.54. The molecule has 2 heterocycles. The zero-order valence-electron chi connectivity index (χ0n) is 15.0. The van der Waals surface area contributed by atoms with Crippen molar-refractivity contribution in [2.24, 2.45) is 0 Å². The van der Waals surface area contributed by atoms with Gasteiger partial charge in [-0.15, -0.1) is 0 Å². The molecule has 0 bridgehead atoms. The SMILES string of the molecule is CCOc1ccc(N2CC(NC(=O)c3cc4ccccc4o3)CC2=O)cc1. The predicted octanol–water partition coefficient (Wildman–Crippen LogP) is 3.37. The van der Waals surface area contributed by atoms with Crippen molar-refractivity contribution in [3.05, 3.63) is 60.4 Å². The number of hydrogen-bond donors (Lipinski definition) is 1. The Labute approximate surface area is 156 Å². The van der Waals surface area contributed by atoms with E-state index in [9.17, 15) is 9.59 Å². The van der Waals surface area contributed by atoms with E-state index in [2.05, 4.69) is 5.32 Å². The quantitative estimate of drug-likeness (QED) is 0.753. The van der Waals surface area contributed by atoms with Gasteiger partial charge < -0.3 is 19.4 Å². The van der Waals surface area contributed by atoms with Crippen LogP contribution >= 0.6 is 0 Å². The molecule has 1 aliphatic rings. The monoisotopic (exact) mass is 364 g/mol. The van der Waals surface area contributed by atoms with Gasteiger partial charge in [0.1, 0.15) is 11.3 Å². The van der Waals surface area contributed by atoms with Gasteiger partial charge in [0.25, 0.3) is 5.91 Å². The number of furan rings is 1. The highest BCUT2D eigenvalue weighted by Crippen LogP contribution is 2.25. The molecule has 1 saturated heterocycles. The van der Waals surface area contributed by atoms with Crippen molar-refractivity contribution in [1.29, 1.82) is 0 Å². The first kappa shape index (κ1) is 17.1. The van der Waals surface area contributed by atoms with Crippen molar-refractivity contribution < 1.29 is 18.7 Å². The van der Waals surface area contributed by atoms with Crippen molar-refractivity contribution in [2.45, 2.75) is 19.4 Å². The number of amides is 2. The van der Waals surface area contributed by atoms with E-state index in [1.54, 1.807) is 11.0 Å². The minimum absolute atomic E-state index is 0.0194. The molecule has 2 aromatic carbocycles. The normalized spacial score (nSPS) is 16.7. The number of fused-ring (bicyclic) bond motifs is 1. The van der Waals surface area contributed by atoms with Gasteiger partial charge in [-0.25, -0.2) is 0 Å². The highest BCUT2D eigenvalue weighted by atomic mass is 16.5. The molecule has 1 fully saturated rings. The zero-order valence-corrected chi connectivity index (χ0v) is 15.0. The van der Waals surface area contributed by atoms with Gasteiger partial charge in [-0.1, -0.05) is 18.2 Å². The van der Waals surface area contributed by atoms with Crippen LogP contribution in [0.1, 0.15) is 23.9 Å².